The van der Waals surface area contributed by atoms with Crippen LogP contribution in [0.3, 0.4) is 0 Å². The van der Waals surface area contributed by atoms with E-state index in [2.05, 4.69) is 5.32 Å². The minimum atomic E-state index is -0.853. The fraction of sp³-hybridized carbons (Fsp3) is 0.846. The maximum absolute atomic E-state index is 12.6. The highest BCUT2D eigenvalue weighted by molar-refractivity contribution is 5.83. The summed E-state index contributed by atoms with van der Waals surface area (Å²) in [4.78, 5) is 24.9. The predicted molar refractivity (Wildman–Crippen MR) is 69.3 cm³/mol. The van der Waals surface area contributed by atoms with E-state index in [9.17, 15) is 9.59 Å². The van der Waals surface area contributed by atoms with Gasteiger partial charge in [0.2, 0.25) is 5.91 Å². The van der Waals surface area contributed by atoms with E-state index in [4.69, 9.17) is 5.11 Å². The molecule has 1 aliphatic rings. The number of carbonyl (C=O) groups is 2. The van der Waals surface area contributed by atoms with Crippen LogP contribution in [0.5, 0.6) is 0 Å². The molecule has 104 valence electrons. The molecular weight excluding hydrogens is 232 g/mol. The minimum absolute atomic E-state index is 0.0206. The van der Waals surface area contributed by atoms with Gasteiger partial charge in [-0.05, 0) is 32.7 Å². The third-order valence-electron chi connectivity index (χ3n) is 3.87. The van der Waals surface area contributed by atoms with Gasteiger partial charge in [0, 0.05) is 19.6 Å². The van der Waals surface area contributed by atoms with E-state index in [-0.39, 0.29) is 17.7 Å². The molecule has 0 aliphatic carbocycles. The van der Waals surface area contributed by atoms with Gasteiger partial charge in [0.1, 0.15) is 0 Å². The molecule has 5 nitrogen and oxygen atoms in total. The third kappa shape index (κ3) is 3.45. The summed E-state index contributed by atoms with van der Waals surface area (Å²) in [5, 5.41) is 12.0. The molecule has 1 amide bonds. The van der Waals surface area contributed by atoms with Crippen molar-refractivity contribution in [3.05, 3.63) is 0 Å². The number of nitrogens with zero attached hydrogens (tertiary/aromatic N) is 1. The van der Waals surface area contributed by atoms with E-state index in [0.29, 0.717) is 19.6 Å². The van der Waals surface area contributed by atoms with Crippen LogP contribution in [0.4, 0.5) is 0 Å². The molecule has 0 aromatic rings. The summed E-state index contributed by atoms with van der Waals surface area (Å²) >= 11 is 0. The number of carbonyl (C=O) groups excluding carboxylic acids is 1. The predicted octanol–water partition coefficient (Wildman–Crippen LogP) is 1.09. The van der Waals surface area contributed by atoms with Gasteiger partial charge in [-0.1, -0.05) is 6.92 Å². The summed E-state index contributed by atoms with van der Waals surface area (Å²) in [6.45, 7) is 6.51. The Morgan fingerprint density at radius 3 is 2.56 bits per heavy atom. The first-order chi connectivity index (χ1) is 8.55. The number of carboxylic acid groups (broad SMARTS) is 1. The van der Waals surface area contributed by atoms with Gasteiger partial charge in [0.25, 0.3) is 0 Å². The molecule has 0 spiro atoms. The summed E-state index contributed by atoms with van der Waals surface area (Å²) < 4.78 is 0. The Balaban J connectivity index is 2.70. The van der Waals surface area contributed by atoms with Crippen LogP contribution >= 0.6 is 0 Å². The van der Waals surface area contributed by atoms with Crippen molar-refractivity contribution in [2.75, 3.05) is 26.2 Å². The zero-order valence-corrected chi connectivity index (χ0v) is 11.4. The summed E-state index contributed by atoms with van der Waals surface area (Å²) in [6.07, 6.45) is 2.74. The quantitative estimate of drug-likeness (QED) is 0.746. The molecule has 0 aromatic carbocycles. The van der Waals surface area contributed by atoms with E-state index >= 15 is 0 Å². The van der Waals surface area contributed by atoms with E-state index in [1.165, 1.54) is 0 Å². The number of nitrogens with one attached hydrogen (secondary N) is 1. The first kappa shape index (κ1) is 15.0. The van der Waals surface area contributed by atoms with Crippen LogP contribution in [0.15, 0.2) is 0 Å². The Morgan fingerprint density at radius 2 is 2.11 bits per heavy atom. The standard InChI is InChI=1S/C13H24N2O3/c1-3-13(7-5-8-14-10-13)12(18)15(4-2)9-6-11(16)17/h14H,3-10H2,1-2H3,(H,16,17). The Morgan fingerprint density at radius 1 is 1.39 bits per heavy atom. The van der Waals surface area contributed by atoms with Crippen molar-refractivity contribution in [3.63, 3.8) is 0 Å². The maximum Gasteiger partial charge on any atom is 0.305 e. The Kier molecular flexibility index (Phi) is 5.59. The van der Waals surface area contributed by atoms with Crippen LogP contribution < -0.4 is 5.32 Å². The maximum atomic E-state index is 12.6. The van der Waals surface area contributed by atoms with Gasteiger partial charge in [-0.3, -0.25) is 9.59 Å². The van der Waals surface area contributed by atoms with Crippen LogP contribution in [0, 0.1) is 5.41 Å². The first-order valence-electron chi connectivity index (χ1n) is 6.77. The summed E-state index contributed by atoms with van der Waals surface area (Å²) in [7, 11) is 0. The lowest BCUT2D eigenvalue weighted by Crippen LogP contribution is -2.52. The zero-order valence-electron chi connectivity index (χ0n) is 11.4. The second-order valence-corrected chi connectivity index (χ2v) is 4.94. The number of piperidine rings is 1. The number of aliphatic carboxylic acids is 1. The topological polar surface area (TPSA) is 69.6 Å². The van der Waals surface area contributed by atoms with Crippen molar-refractivity contribution in [2.45, 2.75) is 39.5 Å². The highest BCUT2D eigenvalue weighted by atomic mass is 16.4. The molecule has 1 rings (SSSR count). The molecule has 1 fully saturated rings. The molecule has 0 radical (unpaired) electrons. The molecule has 1 saturated heterocycles. The molecule has 0 saturated carbocycles. The van der Waals surface area contributed by atoms with E-state index in [0.717, 1.165) is 25.8 Å². The third-order valence-corrected chi connectivity index (χ3v) is 3.87. The molecule has 1 atom stereocenters. The largest absolute Gasteiger partial charge is 0.481 e. The van der Waals surface area contributed by atoms with Gasteiger partial charge in [-0.15, -0.1) is 0 Å². The summed E-state index contributed by atoms with van der Waals surface area (Å²) in [5.74, 6) is -0.741. The van der Waals surface area contributed by atoms with Crippen LogP contribution in [0.1, 0.15) is 39.5 Å². The van der Waals surface area contributed by atoms with E-state index < -0.39 is 5.97 Å². The van der Waals surface area contributed by atoms with Crippen molar-refractivity contribution < 1.29 is 14.7 Å². The molecular formula is C13H24N2O3. The highest BCUT2D eigenvalue weighted by Crippen LogP contribution is 2.32. The van der Waals surface area contributed by atoms with Gasteiger partial charge in [-0.25, -0.2) is 0 Å². The first-order valence-corrected chi connectivity index (χ1v) is 6.77. The summed E-state index contributed by atoms with van der Waals surface area (Å²) in [5.41, 5.74) is -0.327. The van der Waals surface area contributed by atoms with E-state index in [1.54, 1.807) is 4.90 Å². The Bertz CT molecular complexity index is 299. The average molecular weight is 256 g/mol. The second kappa shape index (κ2) is 6.73. The average Bonchev–Trinajstić information content (AvgIpc) is 2.39. The second-order valence-electron chi connectivity index (χ2n) is 4.94. The number of hydrogen-bond acceptors (Lipinski definition) is 3. The van der Waals surface area contributed by atoms with Gasteiger partial charge in [0.05, 0.1) is 11.8 Å². The number of hydrogen-bond donors (Lipinski definition) is 2. The molecule has 2 N–H and O–H groups in total. The van der Waals surface area contributed by atoms with Gasteiger partial charge in [-0.2, -0.15) is 0 Å². The molecule has 5 heteroatoms. The van der Waals surface area contributed by atoms with Crippen molar-refractivity contribution in [3.8, 4) is 0 Å². The molecule has 1 unspecified atom stereocenters. The minimum Gasteiger partial charge on any atom is -0.481 e. The fourth-order valence-electron chi connectivity index (χ4n) is 2.57. The zero-order chi connectivity index (χ0) is 13.6. The Labute approximate surface area is 109 Å². The SMILES string of the molecule is CCN(CCC(=O)O)C(=O)C1(CC)CCCNC1. The summed E-state index contributed by atoms with van der Waals surface area (Å²) in [6, 6.07) is 0. The van der Waals surface area contributed by atoms with Crippen molar-refractivity contribution in [2.24, 2.45) is 5.41 Å². The lowest BCUT2D eigenvalue weighted by Gasteiger charge is -2.39. The van der Waals surface area contributed by atoms with Gasteiger partial charge in [0.15, 0.2) is 0 Å². The van der Waals surface area contributed by atoms with Crippen molar-refractivity contribution >= 4 is 11.9 Å². The Hall–Kier alpha value is -1.10. The van der Waals surface area contributed by atoms with Crippen LogP contribution in [0.2, 0.25) is 0 Å². The monoisotopic (exact) mass is 256 g/mol. The van der Waals surface area contributed by atoms with Crippen LogP contribution in [-0.4, -0.2) is 48.1 Å². The normalized spacial score (nSPS) is 23.7. The lowest BCUT2D eigenvalue weighted by molar-refractivity contribution is -0.145. The van der Waals surface area contributed by atoms with Crippen LogP contribution in [0.25, 0.3) is 0 Å². The number of amides is 1. The fourth-order valence-corrected chi connectivity index (χ4v) is 2.57. The molecule has 1 aliphatic heterocycles. The molecule has 0 bridgehead atoms. The van der Waals surface area contributed by atoms with Crippen LogP contribution in [-0.2, 0) is 9.59 Å². The smallest absolute Gasteiger partial charge is 0.305 e. The van der Waals surface area contributed by atoms with Gasteiger partial charge < -0.3 is 15.3 Å². The number of carboxylic acids is 1. The van der Waals surface area contributed by atoms with Crippen molar-refractivity contribution in [1.82, 2.24) is 10.2 Å². The number of rotatable bonds is 6. The van der Waals surface area contributed by atoms with E-state index in [1.807, 2.05) is 13.8 Å². The molecule has 0 aromatic heterocycles. The highest BCUT2D eigenvalue weighted by Gasteiger charge is 2.40. The molecule has 18 heavy (non-hydrogen) atoms. The molecule has 1 heterocycles. The van der Waals surface area contributed by atoms with Crippen molar-refractivity contribution in [1.29, 1.82) is 0 Å². The van der Waals surface area contributed by atoms with Gasteiger partial charge >= 0.3 is 5.97 Å². The lowest BCUT2D eigenvalue weighted by atomic mass is 9.77.